The predicted octanol–water partition coefficient (Wildman–Crippen LogP) is 5.40. The molecule has 1 heterocycles. The van der Waals surface area contributed by atoms with E-state index in [0.29, 0.717) is 0 Å². The van der Waals surface area contributed by atoms with Gasteiger partial charge in [0, 0.05) is 4.47 Å². The molecule has 2 aromatic carbocycles. The van der Waals surface area contributed by atoms with Crippen molar-refractivity contribution < 1.29 is 4.74 Å². The van der Waals surface area contributed by atoms with Crippen molar-refractivity contribution in [1.82, 2.24) is 0 Å². The van der Waals surface area contributed by atoms with Gasteiger partial charge in [0.05, 0.1) is 12.7 Å². The SMILES string of the molecule is CC1=C(C)CC(c2ccc3ccccc3c2Br)OC1. The van der Waals surface area contributed by atoms with Crippen molar-refractivity contribution in [3.63, 3.8) is 0 Å². The fourth-order valence-corrected chi connectivity index (χ4v) is 3.31. The van der Waals surface area contributed by atoms with Crippen LogP contribution in [0.15, 0.2) is 52.0 Å². The van der Waals surface area contributed by atoms with Crippen LogP contribution in [0.2, 0.25) is 0 Å². The molecule has 0 aliphatic carbocycles. The van der Waals surface area contributed by atoms with E-state index in [1.807, 2.05) is 0 Å². The first kappa shape index (κ1) is 12.9. The van der Waals surface area contributed by atoms with Gasteiger partial charge in [-0.1, -0.05) is 42.0 Å². The zero-order valence-corrected chi connectivity index (χ0v) is 12.8. The zero-order chi connectivity index (χ0) is 13.4. The molecular weight excluding hydrogens is 300 g/mol. The van der Waals surface area contributed by atoms with E-state index >= 15 is 0 Å². The molecule has 1 aliphatic rings. The Kier molecular flexibility index (Phi) is 3.46. The van der Waals surface area contributed by atoms with Gasteiger partial charge in [0.25, 0.3) is 0 Å². The molecule has 19 heavy (non-hydrogen) atoms. The minimum Gasteiger partial charge on any atom is -0.369 e. The van der Waals surface area contributed by atoms with Crippen molar-refractivity contribution in [2.45, 2.75) is 26.4 Å². The predicted molar refractivity (Wildman–Crippen MR) is 83.3 cm³/mol. The number of hydrogen-bond donors (Lipinski definition) is 0. The summed E-state index contributed by atoms with van der Waals surface area (Å²) in [6.45, 7) is 5.11. The summed E-state index contributed by atoms with van der Waals surface area (Å²) < 4.78 is 7.16. The normalized spacial score (nSPS) is 20.1. The average Bonchev–Trinajstić information content (AvgIpc) is 2.43. The van der Waals surface area contributed by atoms with Gasteiger partial charge in [-0.15, -0.1) is 0 Å². The van der Waals surface area contributed by atoms with Crippen LogP contribution in [0.25, 0.3) is 10.8 Å². The quantitative estimate of drug-likeness (QED) is 0.640. The van der Waals surface area contributed by atoms with Crippen LogP contribution in [0.1, 0.15) is 31.9 Å². The number of hydrogen-bond acceptors (Lipinski definition) is 1. The van der Waals surface area contributed by atoms with E-state index in [1.165, 1.54) is 32.0 Å². The third kappa shape index (κ3) is 2.35. The molecule has 0 bridgehead atoms. The molecule has 98 valence electrons. The van der Waals surface area contributed by atoms with Crippen molar-refractivity contribution in [3.05, 3.63) is 57.6 Å². The van der Waals surface area contributed by atoms with Gasteiger partial charge >= 0.3 is 0 Å². The Morgan fingerprint density at radius 2 is 1.84 bits per heavy atom. The lowest BCUT2D eigenvalue weighted by Gasteiger charge is -2.26. The van der Waals surface area contributed by atoms with E-state index in [9.17, 15) is 0 Å². The number of halogens is 1. The standard InChI is InChI=1S/C17H17BrO/c1-11-9-16(19-10-12(11)2)15-8-7-13-5-3-4-6-14(13)17(15)18/h3-8,16H,9-10H2,1-2H3. The molecule has 0 spiro atoms. The van der Waals surface area contributed by atoms with Crippen LogP contribution >= 0.6 is 15.9 Å². The van der Waals surface area contributed by atoms with Gasteiger partial charge in [-0.25, -0.2) is 0 Å². The Bertz CT molecular complexity index is 657. The van der Waals surface area contributed by atoms with Gasteiger partial charge < -0.3 is 4.74 Å². The first-order valence-corrected chi connectivity index (χ1v) is 7.40. The summed E-state index contributed by atoms with van der Waals surface area (Å²) in [4.78, 5) is 0. The smallest absolute Gasteiger partial charge is 0.0877 e. The monoisotopic (exact) mass is 316 g/mol. The van der Waals surface area contributed by atoms with Gasteiger partial charge in [0.1, 0.15) is 0 Å². The molecule has 0 radical (unpaired) electrons. The lowest BCUT2D eigenvalue weighted by molar-refractivity contribution is 0.0574. The summed E-state index contributed by atoms with van der Waals surface area (Å²) in [6, 6.07) is 12.8. The van der Waals surface area contributed by atoms with Gasteiger partial charge in [0.2, 0.25) is 0 Å². The average molecular weight is 317 g/mol. The van der Waals surface area contributed by atoms with E-state index in [2.05, 4.69) is 66.2 Å². The summed E-state index contributed by atoms with van der Waals surface area (Å²) in [6.07, 6.45) is 1.16. The lowest BCUT2D eigenvalue weighted by atomic mass is 9.95. The van der Waals surface area contributed by atoms with Crippen LogP contribution in [0, 0.1) is 0 Å². The molecule has 0 saturated heterocycles. The highest BCUT2D eigenvalue weighted by Crippen LogP contribution is 2.38. The highest BCUT2D eigenvalue weighted by atomic mass is 79.9. The van der Waals surface area contributed by atoms with E-state index in [1.54, 1.807) is 0 Å². The van der Waals surface area contributed by atoms with Crippen molar-refractivity contribution in [2.24, 2.45) is 0 Å². The summed E-state index contributed by atoms with van der Waals surface area (Å²) >= 11 is 3.76. The summed E-state index contributed by atoms with van der Waals surface area (Å²) in [5, 5.41) is 2.52. The molecule has 0 saturated carbocycles. The largest absolute Gasteiger partial charge is 0.369 e. The summed E-state index contributed by atoms with van der Waals surface area (Å²) in [5.41, 5.74) is 4.08. The van der Waals surface area contributed by atoms with Crippen LogP contribution in [0.4, 0.5) is 0 Å². The molecule has 1 atom stereocenters. The summed E-state index contributed by atoms with van der Waals surface area (Å²) in [7, 11) is 0. The number of benzene rings is 2. The van der Waals surface area contributed by atoms with Crippen LogP contribution in [-0.2, 0) is 4.74 Å². The molecule has 1 unspecified atom stereocenters. The van der Waals surface area contributed by atoms with Crippen LogP contribution in [0.3, 0.4) is 0 Å². The molecule has 0 aromatic heterocycles. The highest BCUT2D eigenvalue weighted by molar-refractivity contribution is 9.10. The van der Waals surface area contributed by atoms with Crippen molar-refractivity contribution >= 4 is 26.7 Å². The second-order valence-electron chi connectivity index (χ2n) is 5.25. The van der Waals surface area contributed by atoms with Crippen molar-refractivity contribution in [1.29, 1.82) is 0 Å². The minimum atomic E-state index is 0.169. The van der Waals surface area contributed by atoms with Crippen LogP contribution in [0.5, 0.6) is 0 Å². The number of ether oxygens (including phenoxy) is 1. The zero-order valence-electron chi connectivity index (χ0n) is 11.2. The maximum absolute atomic E-state index is 5.99. The van der Waals surface area contributed by atoms with E-state index in [0.717, 1.165) is 13.0 Å². The first-order valence-electron chi connectivity index (χ1n) is 6.61. The van der Waals surface area contributed by atoms with E-state index in [-0.39, 0.29) is 6.10 Å². The van der Waals surface area contributed by atoms with E-state index < -0.39 is 0 Å². The molecule has 1 aliphatic heterocycles. The van der Waals surface area contributed by atoms with E-state index in [4.69, 9.17) is 4.74 Å². The van der Waals surface area contributed by atoms with Crippen molar-refractivity contribution in [3.8, 4) is 0 Å². The van der Waals surface area contributed by atoms with Crippen LogP contribution < -0.4 is 0 Å². The molecule has 3 rings (SSSR count). The molecular formula is C17H17BrO. The highest BCUT2D eigenvalue weighted by Gasteiger charge is 2.21. The molecule has 1 nitrogen and oxygen atoms in total. The second kappa shape index (κ2) is 5.10. The minimum absolute atomic E-state index is 0.169. The maximum Gasteiger partial charge on any atom is 0.0877 e. The fraction of sp³-hybridized carbons (Fsp3) is 0.294. The number of fused-ring (bicyclic) bond motifs is 1. The topological polar surface area (TPSA) is 9.23 Å². The first-order chi connectivity index (χ1) is 9.16. The third-order valence-electron chi connectivity index (χ3n) is 3.96. The van der Waals surface area contributed by atoms with Gasteiger partial charge in [-0.2, -0.15) is 0 Å². The maximum atomic E-state index is 5.99. The van der Waals surface area contributed by atoms with Gasteiger partial charge in [0.15, 0.2) is 0 Å². The number of rotatable bonds is 1. The Morgan fingerprint density at radius 1 is 1.05 bits per heavy atom. The summed E-state index contributed by atoms with van der Waals surface area (Å²) in [5.74, 6) is 0. The Hall–Kier alpha value is -1.12. The Balaban J connectivity index is 2.05. The fourth-order valence-electron chi connectivity index (χ4n) is 2.56. The molecule has 0 N–H and O–H groups in total. The molecule has 0 fully saturated rings. The molecule has 2 aromatic rings. The van der Waals surface area contributed by atoms with Gasteiger partial charge in [-0.05, 0) is 58.1 Å². The Labute approximate surface area is 122 Å². The molecule has 0 amide bonds. The Morgan fingerprint density at radius 3 is 2.63 bits per heavy atom. The van der Waals surface area contributed by atoms with Crippen LogP contribution in [-0.4, -0.2) is 6.61 Å². The van der Waals surface area contributed by atoms with Gasteiger partial charge in [-0.3, -0.25) is 0 Å². The molecule has 2 heteroatoms. The second-order valence-corrected chi connectivity index (χ2v) is 6.05. The van der Waals surface area contributed by atoms with Crippen molar-refractivity contribution in [2.75, 3.05) is 6.61 Å². The lowest BCUT2D eigenvalue weighted by Crippen LogP contribution is -2.14. The third-order valence-corrected chi connectivity index (χ3v) is 4.85.